The number of hydrogen-bond donors (Lipinski definition) is 1. The van der Waals surface area contributed by atoms with E-state index in [1.54, 1.807) is 0 Å². The third-order valence-corrected chi connectivity index (χ3v) is 3.71. The number of hydrogen-bond acceptors (Lipinski definition) is 2. The van der Waals surface area contributed by atoms with Crippen molar-refractivity contribution in [1.82, 2.24) is 0 Å². The lowest BCUT2D eigenvalue weighted by Gasteiger charge is -2.11. The maximum absolute atomic E-state index is 5.59. The van der Waals surface area contributed by atoms with Crippen molar-refractivity contribution in [3.05, 3.63) is 60.2 Å². The summed E-state index contributed by atoms with van der Waals surface area (Å²) >= 11 is 0. The summed E-state index contributed by atoms with van der Waals surface area (Å²) in [6.45, 7) is 3.10. The predicted octanol–water partition coefficient (Wildman–Crippen LogP) is 4.15. The van der Waals surface area contributed by atoms with E-state index in [1.807, 2.05) is 18.2 Å². The third-order valence-electron chi connectivity index (χ3n) is 3.71. The summed E-state index contributed by atoms with van der Waals surface area (Å²) in [7, 11) is 0. The van der Waals surface area contributed by atoms with Gasteiger partial charge in [0.15, 0.2) is 0 Å². The van der Waals surface area contributed by atoms with Gasteiger partial charge in [0, 0.05) is 17.8 Å². The number of benzene rings is 2. The van der Waals surface area contributed by atoms with E-state index in [1.165, 1.54) is 5.56 Å². The number of para-hydroxylation sites is 1. The van der Waals surface area contributed by atoms with Crippen molar-refractivity contribution in [3.8, 4) is 0 Å². The van der Waals surface area contributed by atoms with E-state index >= 15 is 0 Å². The van der Waals surface area contributed by atoms with Crippen LogP contribution in [0, 0.1) is 0 Å². The van der Waals surface area contributed by atoms with E-state index in [2.05, 4.69) is 48.6 Å². The summed E-state index contributed by atoms with van der Waals surface area (Å²) in [5, 5.41) is 3.43. The molecule has 0 aliphatic carbocycles. The highest BCUT2D eigenvalue weighted by Gasteiger charge is 2.42. The molecule has 0 bridgehead atoms. The van der Waals surface area contributed by atoms with Gasteiger partial charge in [-0.3, -0.25) is 0 Å². The predicted molar refractivity (Wildman–Crippen MR) is 78.8 cm³/mol. The minimum absolute atomic E-state index is 0.116. The van der Waals surface area contributed by atoms with Crippen molar-refractivity contribution in [3.63, 3.8) is 0 Å². The van der Waals surface area contributed by atoms with E-state index in [0.29, 0.717) is 0 Å². The van der Waals surface area contributed by atoms with E-state index in [4.69, 9.17) is 4.74 Å². The van der Waals surface area contributed by atoms with Gasteiger partial charge in [0.1, 0.15) is 0 Å². The molecule has 98 valence electrons. The summed E-state index contributed by atoms with van der Waals surface area (Å²) in [5.74, 6) is 0. The van der Waals surface area contributed by atoms with Crippen LogP contribution in [-0.2, 0) is 11.2 Å². The van der Waals surface area contributed by atoms with Crippen LogP contribution in [0.2, 0.25) is 0 Å². The van der Waals surface area contributed by atoms with Crippen LogP contribution in [0.25, 0.3) is 0 Å². The molecule has 2 aromatic rings. The number of epoxide rings is 1. The van der Waals surface area contributed by atoms with E-state index in [-0.39, 0.29) is 5.60 Å². The van der Waals surface area contributed by atoms with Crippen molar-refractivity contribution >= 4 is 11.4 Å². The van der Waals surface area contributed by atoms with Gasteiger partial charge in [-0.1, -0.05) is 37.3 Å². The van der Waals surface area contributed by atoms with Gasteiger partial charge in [0.25, 0.3) is 0 Å². The SMILES string of the molecule is CCC1(Cc2cccc(Nc3ccccc3)c2)CO1. The fraction of sp³-hybridized carbons (Fsp3) is 0.294. The van der Waals surface area contributed by atoms with Gasteiger partial charge in [-0.05, 0) is 36.2 Å². The number of anilines is 2. The molecule has 1 heterocycles. The minimum Gasteiger partial charge on any atom is -0.369 e. The zero-order valence-corrected chi connectivity index (χ0v) is 11.2. The quantitative estimate of drug-likeness (QED) is 0.809. The summed E-state index contributed by atoms with van der Waals surface area (Å²) in [6.07, 6.45) is 2.09. The maximum Gasteiger partial charge on any atom is 0.0954 e. The van der Waals surface area contributed by atoms with Crippen LogP contribution in [0.15, 0.2) is 54.6 Å². The van der Waals surface area contributed by atoms with Gasteiger partial charge in [-0.2, -0.15) is 0 Å². The van der Waals surface area contributed by atoms with Crippen LogP contribution < -0.4 is 5.32 Å². The molecule has 1 unspecified atom stereocenters. The van der Waals surface area contributed by atoms with E-state index in [0.717, 1.165) is 30.8 Å². The molecule has 1 saturated heterocycles. The summed E-state index contributed by atoms with van der Waals surface area (Å²) in [5.41, 5.74) is 3.70. The molecule has 0 saturated carbocycles. The zero-order chi connectivity index (χ0) is 13.1. The third kappa shape index (κ3) is 2.96. The normalized spacial score (nSPS) is 21.1. The van der Waals surface area contributed by atoms with Crippen molar-refractivity contribution in [2.75, 3.05) is 11.9 Å². The molecule has 2 nitrogen and oxygen atoms in total. The number of nitrogens with one attached hydrogen (secondary N) is 1. The summed E-state index contributed by atoms with van der Waals surface area (Å²) in [4.78, 5) is 0. The standard InChI is InChI=1S/C17H19NO/c1-2-17(13-19-17)12-14-7-6-10-16(11-14)18-15-8-4-3-5-9-15/h3-11,18H,2,12-13H2,1H3. The second-order valence-corrected chi connectivity index (χ2v) is 5.19. The molecule has 3 rings (SSSR count). The molecule has 0 amide bonds. The Kier molecular flexibility index (Phi) is 3.26. The van der Waals surface area contributed by atoms with Crippen LogP contribution >= 0.6 is 0 Å². The Morgan fingerprint density at radius 2 is 1.79 bits per heavy atom. The number of rotatable bonds is 5. The molecule has 2 aromatic carbocycles. The molecule has 1 atom stereocenters. The van der Waals surface area contributed by atoms with E-state index in [9.17, 15) is 0 Å². The lowest BCUT2D eigenvalue weighted by Crippen LogP contribution is -2.13. The van der Waals surface area contributed by atoms with Crippen LogP contribution in [0.3, 0.4) is 0 Å². The highest BCUT2D eigenvalue weighted by atomic mass is 16.6. The van der Waals surface area contributed by atoms with Crippen molar-refractivity contribution in [2.24, 2.45) is 0 Å². The average Bonchev–Trinajstić information content (AvgIpc) is 3.21. The molecule has 1 fully saturated rings. The molecule has 19 heavy (non-hydrogen) atoms. The van der Waals surface area contributed by atoms with Crippen LogP contribution in [0.4, 0.5) is 11.4 Å². The molecule has 1 N–H and O–H groups in total. The van der Waals surface area contributed by atoms with Gasteiger partial charge in [0.05, 0.1) is 12.2 Å². The lowest BCUT2D eigenvalue weighted by molar-refractivity contribution is 0.294. The first-order valence-electron chi connectivity index (χ1n) is 6.85. The first kappa shape index (κ1) is 12.2. The first-order chi connectivity index (χ1) is 9.30. The second-order valence-electron chi connectivity index (χ2n) is 5.19. The van der Waals surface area contributed by atoms with Gasteiger partial charge in [0.2, 0.25) is 0 Å². The Morgan fingerprint density at radius 1 is 1.05 bits per heavy atom. The zero-order valence-electron chi connectivity index (χ0n) is 11.2. The van der Waals surface area contributed by atoms with Gasteiger partial charge in [-0.25, -0.2) is 0 Å². The minimum atomic E-state index is 0.116. The molecule has 2 heteroatoms. The Labute approximate surface area is 114 Å². The molecule has 0 radical (unpaired) electrons. The molecule has 0 spiro atoms. The molecular weight excluding hydrogens is 234 g/mol. The van der Waals surface area contributed by atoms with Crippen LogP contribution in [0.1, 0.15) is 18.9 Å². The number of ether oxygens (including phenoxy) is 1. The van der Waals surface area contributed by atoms with E-state index < -0.39 is 0 Å². The smallest absolute Gasteiger partial charge is 0.0954 e. The van der Waals surface area contributed by atoms with Gasteiger partial charge in [-0.15, -0.1) is 0 Å². The first-order valence-corrected chi connectivity index (χ1v) is 6.85. The lowest BCUT2D eigenvalue weighted by atomic mass is 9.97. The topological polar surface area (TPSA) is 24.6 Å². The Bertz CT molecular complexity index is 546. The molecule has 1 aliphatic heterocycles. The van der Waals surface area contributed by atoms with Gasteiger partial charge >= 0.3 is 0 Å². The fourth-order valence-electron chi connectivity index (χ4n) is 2.35. The molecular formula is C17H19NO. The summed E-state index contributed by atoms with van der Waals surface area (Å²) < 4.78 is 5.59. The maximum atomic E-state index is 5.59. The van der Waals surface area contributed by atoms with Crippen molar-refractivity contribution in [2.45, 2.75) is 25.4 Å². The van der Waals surface area contributed by atoms with Crippen LogP contribution in [-0.4, -0.2) is 12.2 Å². The van der Waals surface area contributed by atoms with Crippen molar-refractivity contribution < 1.29 is 4.74 Å². The monoisotopic (exact) mass is 253 g/mol. The van der Waals surface area contributed by atoms with Crippen molar-refractivity contribution in [1.29, 1.82) is 0 Å². The Balaban J connectivity index is 1.73. The second kappa shape index (κ2) is 5.06. The summed E-state index contributed by atoms with van der Waals surface area (Å²) in [6, 6.07) is 18.8. The highest BCUT2D eigenvalue weighted by molar-refractivity contribution is 5.60. The fourth-order valence-corrected chi connectivity index (χ4v) is 2.35. The molecule has 0 aromatic heterocycles. The average molecular weight is 253 g/mol. The molecule has 1 aliphatic rings. The Morgan fingerprint density at radius 3 is 2.47 bits per heavy atom. The highest BCUT2D eigenvalue weighted by Crippen LogP contribution is 2.34. The largest absolute Gasteiger partial charge is 0.369 e. The Hall–Kier alpha value is -1.80. The van der Waals surface area contributed by atoms with Crippen LogP contribution in [0.5, 0.6) is 0 Å². The van der Waals surface area contributed by atoms with Gasteiger partial charge < -0.3 is 10.1 Å².